The Labute approximate surface area is 132 Å². The van der Waals surface area contributed by atoms with Crippen LogP contribution in [0.25, 0.3) is 0 Å². The fourth-order valence-electron chi connectivity index (χ4n) is 2.07. The summed E-state index contributed by atoms with van der Waals surface area (Å²) in [6, 6.07) is 6.87. The van der Waals surface area contributed by atoms with Gasteiger partial charge in [0.2, 0.25) is 15.9 Å². The number of anilines is 1. The maximum Gasteiger partial charge on any atom is 0.243 e. The minimum Gasteiger partial charge on any atom is -0.378 e. The van der Waals surface area contributed by atoms with E-state index in [0.29, 0.717) is 32.0 Å². The first-order valence-electron chi connectivity index (χ1n) is 6.47. The molecule has 0 spiro atoms. The number of benzene rings is 1. The van der Waals surface area contributed by atoms with Crippen molar-refractivity contribution in [2.45, 2.75) is 0 Å². The van der Waals surface area contributed by atoms with Gasteiger partial charge < -0.3 is 9.64 Å². The minimum atomic E-state index is -3.53. The summed E-state index contributed by atoms with van der Waals surface area (Å²) in [5.41, 5.74) is 0.466. The molecule has 1 aliphatic rings. The van der Waals surface area contributed by atoms with Gasteiger partial charge in [0.1, 0.15) is 6.54 Å². The third-order valence-corrected chi connectivity index (χ3v) is 4.77. The lowest BCUT2D eigenvalue weighted by atomic mass is 10.3. The second-order valence-corrected chi connectivity index (χ2v) is 7.57. The Hall–Kier alpha value is -1.12. The Balaban J connectivity index is 2.19. The molecular formula is C13H17BrN2O4S. The number of sulfonamides is 1. The topological polar surface area (TPSA) is 66.9 Å². The molecule has 0 aromatic heterocycles. The van der Waals surface area contributed by atoms with Gasteiger partial charge in [0.25, 0.3) is 0 Å². The number of morpholine rings is 1. The summed E-state index contributed by atoms with van der Waals surface area (Å²) < 4.78 is 31.0. The van der Waals surface area contributed by atoms with Crippen LogP contribution in [-0.2, 0) is 19.6 Å². The first kappa shape index (κ1) is 16.3. The summed E-state index contributed by atoms with van der Waals surface area (Å²) in [6.45, 7) is 1.77. The zero-order valence-electron chi connectivity index (χ0n) is 11.7. The van der Waals surface area contributed by atoms with Crippen LogP contribution in [0.2, 0.25) is 0 Å². The van der Waals surface area contributed by atoms with E-state index >= 15 is 0 Å². The van der Waals surface area contributed by atoms with E-state index in [1.807, 2.05) is 0 Å². The number of amides is 1. The zero-order chi connectivity index (χ0) is 15.5. The SMILES string of the molecule is CS(=O)(=O)N(CC(=O)N1CCOCC1)c1cccc(Br)c1. The van der Waals surface area contributed by atoms with Crippen molar-refractivity contribution in [1.29, 1.82) is 0 Å². The zero-order valence-corrected chi connectivity index (χ0v) is 14.1. The number of carbonyl (C=O) groups excluding carboxylic acids is 1. The molecule has 1 aliphatic heterocycles. The van der Waals surface area contributed by atoms with Crippen LogP contribution in [0.5, 0.6) is 0 Å². The highest BCUT2D eigenvalue weighted by atomic mass is 79.9. The van der Waals surface area contributed by atoms with Crippen LogP contribution in [0.3, 0.4) is 0 Å². The highest BCUT2D eigenvalue weighted by Gasteiger charge is 2.25. The van der Waals surface area contributed by atoms with Gasteiger partial charge in [-0.3, -0.25) is 9.10 Å². The third-order valence-electron chi connectivity index (χ3n) is 3.14. The van der Waals surface area contributed by atoms with Crippen LogP contribution in [0.1, 0.15) is 0 Å². The van der Waals surface area contributed by atoms with Crippen molar-refractivity contribution >= 4 is 37.5 Å². The van der Waals surface area contributed by atoms with Crippen LogP contribution in [-0.4, -0.2) is 58.3 Å². The van der Waals surface area contributed by atoms with Crippen molar-refractivity contribution in [3.63, 3.8) is 0 Å². The first-order chi connectivity index (χ1) is 9.88. The fraction of sp³-hybridized carbons (Fsp3) is 0.462. The molecule has 1 heterocycles. The molecule has 8 heteroatoms. The molecule has 0 aliphatic carbocycles. The molecule has 6 nitrogen and oxygen atoms in total. The van der Waals surface area contributed by atoms with Crippen LogP contribution in [0.4, 0.5) is 5.69 Å². The highest BCUT2D eigenvalue weighted by molar-refractivity contribution is 9.10. The Morgan fingerprint density at radius 1 is 1.38 bits per heavy atom. The molecule has 1 saturated heterocycles. The van der Waals surface area contributed by atoms with E-state index in [9.17, 15) is 13.2 Å². The lowest BCUT2D eigenvalue weighted by Crippen LogP contribution is -2.47. The predicted molar refractivity (Wildman–Crippen MR) is 83.7 cm³/mol. The lowest BCUT2D eigenvalue weighted by molar-refractivity contribution is -0.133. The van der Waals surface area contributed by atoms with Gasteiger partial charge in [-0.15, -0.1) is 0 Å². The van der Waals surface area contributed by atoms with Gasteiger partial charge in [-0.1, -0.05) is 22.0 Å². The van der Waals surface area contributed by atoms with E-state index < -0.39 is 10.0 Å². The molecular weight excluding hydrogens is 360 g/mol. The van der Waals surface area contributed by atoms with E-state index in [2.05, 4.69) is 15.9 Å². The third kappa shape index (κ3) is 4.42. The van der Waals surface area contributed by atoms with Crippen molar-refractivity contribution in [2.24, 2.45) is 0 Å². The molecule has 0 radical (unpaired) electrons. The molecule has 21 heavy (non-hydrogen) atoms. The molecule has 0 saturated carbocycles. The van der Waals surface area contributed by atoms with Gasteiger partial charge >= 0.3 is 0 Å². The van der Waals surface area contributed by atoms with Crippen molar-refractivity contribution < 1.29 is 17.9 Å². The quantitative estimate of drug-likeness (QED) is 0.788. The average molecular weight is 377 g/mol. The summed E-state index contributed by atoms with van der Waals surface area (Å²) in [5.74, 6) is -0.219. The van der Waals surface area contributed by atoms with Gasteiger partial charge in [-0.05, 0) is 18.2 Å². The maximum absolute atomic E-state index is 12.3. The smallest absolute Gasteiger partial charge is 0.243 e. The molecule has 1 amide bonds. The van der Waals surface area contributed by atoms with E-state index in [1.165, 1.54) is 0 Å². The van der Waals surface area contributed by atoms with Crippen LogP contribution < -0.4 is 4.31 Å². The summed E-state index contributed by atoms with van der Waals surface area (Å²) in [7, 11) is -3.53. The Morgan fingerprint density at radius 2 is 2.05 bits per heavy atom. The number of hydrogen-bond donors (Lipinski definition) is 0. The Kier molecular flexibility index (Phi) is 5.23. The summed E-state index contributed by atoms with van der Waals surface area (Å²) >= 11 is 3.31. The number of halogens is 1. The minimum absolute atomic E-state index is 0.199. The van der Waals surface area contributed by atoms with Crippen molar-refractivity contribution in [3.05, 3.63) is 28.7 Å². The van der Waals surface area contributed by atoms with E-state index in [0.717, 1.165) is 15.0 Å². The lowest BCUT2D eigenvalue weighted by Gasteiger charge is -2.30. The Bertz CT molecular complexity index is 614. The number of carbonyl (C=O) groups is 1. The first-order valence-corrected chi connectivity index (χ1v) is 9.11. The molecule has 0 N–H and O–H groups in total. The molecule has 0 bridgehead atoms. The van der Waals surface area contributed by atoms with Crippen molar-refractivity contribution in [3.8, 4) is 0 Å². The molecule has 0 atom stereocenters. The number of hydrogen-bond acceptors (Lipinski definition) is 4. The van der Waals surface area contributed by atoms with Crippen molar-refractivity contribution in [1.82, 2.24) is 4.90 Å². The average Bonchev–Trinajstić information content (AvgIpc) is 2.44. The molecule has 0 unspecified atom stereocenters. The van der Waals surface area contributed by atoms with Gasteiger partial charge in [0, 0.05) is 17.6 Å². The van der Waals surface area contributed by atoms with Gasteiger partial charge in [0.05, 0.1) is 25.2 Å². The van der Waals surface area contributed by atoms with E-state index in [1.54, 1.807) is 29.2 Å². The number of ether oxygens (including phenoxy) is 1. The molecule has 1 fully saturated rings. The van der Waals surface area contributed by atoms with Crippen LogP contribution >= 0.6 is 15.9 Å². The second-order valence-electron chi connectivity index (χ2n) is 4.74. The second kappa shape index (κ2) is 6.76. The molecule has 1 aromatic rings. The predicted octanol–water partition coefficient (Wildman–Crippen LogP) is 1.07. The molecule has 1 aromatic carbocycles. The van der Waals surface area contributed by atoms with Gasteiger partial charge in [-0.2, -0.15) is 0 Å². The van der Waals surface area contributed by atoms with Crippen molar-refractivity contribution in [2.75, 3.05) is 43.4 Å². The number of nitrogens with zero attached hydrogens (tertiary/aromatic N) is 2. The fourth-order valence-corrected chi connectivity index (χ4v) is 3.30. The maximum atomic E-state index is 12.3. The normalized spacial score (nSPS) is 15.8. The molecule has 116 valence electrons. The number of rotatable bonds is 4. The van der Waals surface area contributed by atoms with Crippen LogP contribution in [0, 0.1) is 0 Å². The standard InChI is InChI=1S/C13H17BrN2O4S/c1-21(18,19)16(12-4-2-3-11(14)9-12)10-13(17)15-5-7-20-8-6-15/h2-4,9H,5-8,10H2,1H3. The van der Waals surface area contributed by atoms with Crippen LogP contribution in [0.15, 0.2) is 28.7 Å². The summed E-state index contributed by atoms with van der Waals surface area (Å²) in [6.07, 6.45) is 1.10. The van der Waals surface area contributed by atoms with Gasteiger partial charge in [0.15, 0.2) is 0 Å². The summed E-state index contributed by atoms with van der Waals surface area (Å²) in [4.78, 5) is 13.9. The van der Waals surface area contributed by atoms with Gasteiger partial charge in [-0.25, -0.2) is 8.42 Å². The monoisotopic (exact) mass is 376 g/mol. The van der Waals surface area contributed by atoms with E-state index in [-0.39, 0.29) is 12.5 Å². The summed E-state index contributed by atoms with van der Waals surface area (Å²) in [5, 5.41) is 0. The van der Waals surface area contributed by atoms with E-state index in [4.69, 9.17) is 4.74 Å². The highest BCUT2D eigenvalue weighted by Crippen LogP contribution is 2.22. The molecule has 2 rings (SSSR count). The largest absolute Gasteiger partial charge is 0.378 e. The Morgan fingerprint density at radius 3 is 2.62 bits per heavy atom.